The van der Waals surface area contributed by atoms with E-state index in [2.05, 4.69) is 28.3 Å². The lowest BCUT2D eigenvalue weighted by Gasteiger charge is -2.23. The van der Waals surface area contributed by atoms with E-state index < -0.39 is 0 Å². The Morgan fingerprint density at radius 3 is 2.95 bits per heavy atom. The summed E-state index contributed by atoms with van der Waals surface area (Å²) in [4.78, 5) is 11.2. The van der Waals surface area contributed by atoms with Crippen molar-refractivity contribution in [3.05, 3.63) is 16.2 Å². The molecule has 2 bridgehead atoms. The van der Waals surface area contributed by atoms with E-state index in [1.165, 1.54) is 30.6 Å². The minimum absolute atomic E-state index is 0.354. The van der Waals surface area contributed by atoms with Crippen molar-refractivity contribution in [1.82, 2.24) is 9.97 Å². The quantitative estimate of drug-likeness (QED) is 0.848. The van der Waals surface area contributed by atoms with Crippen LogP contribution < -0.4 is 5.32 Å². The van der Waals surface area contributed by atoms with E-state index in [4.69, 9.17) is 11.6 Å². The Kier molecular flexibility index (Phi) is 3.11. The van der Waals surface area contributed by atoms with Crippen LogP contribution >= 0.6 is 22.9 Å². The smallest absolute Gasteiger partial charge is 0.225 e. The maximum Gasteiger partial charge on any atom is 0.225 e. The predicted octanol–water partition coefficient (Wildman–Crippen LogP) is 4.51. The van der Waals surface area contributed by atoms with Gasteiger partial charge in [-0.3, -0.25) is 0 Å². The van der Waals surface area contributed by atoms with Crippen molar-refractivity contribution >= 4 is 39.0 Å². The van der Waals surface area contributed by atoms with Crippen molar-refractivity contribution < 1.29 is 0 Å². The van der Waals surface area contributed by atoms with Gasteiger partial charge in [0.05, 0.1) is 5.39 Å². The summed E-state index contributed by atoms with van der Waals surface area (Å²) in [7, 11) is 0. The van der Waals surface area contributed by atoms with Crippen LogP contribution in [0.4, 0.5) is 5.82 Å². The van der Waals surface area contributed by atoms with E-state index in [-0.39, 0.29) is 0 Å². The number of nitrogens with zero attached hydrogens (tertiary/aromatic N) is 2. The topological polar surface area (TPSA) is 37.8 Å². The van der Waals surface area contributed by atoms with Crippen molar-refractivity contribution in [3.8, 4) is 0 Å². The number of fused-ring (bicyclic) bond motifs is 3. The van der Waals surface area contributed by atoms with Gasteiger partial charge in [-0.05, 0) is 55.2 Å². The number of anilines is 1. The van der Waals surface area contributed by atoms with Crippen LogP contribution in [0.1, 0.15) is 37.5 Å². The first-order valence-corrected chi connectivity index (χ1v) is 8.65. The third-order valence-corrected chi connectivity index (χ3v) is 6.17. The standard InChI is InChI=1S/C15H18ClN3S/c1-2-10-7-11-13(18-15(16)19-14(11)20-10)17-12-6-8-3-4-9(12)5-8/h7-9,12H,2-6H2,1H3,(H,17,18,19). The molecule has 2 fully saturated rings. The molecule has 2 saturated carbocycles. The van der Waals surface area contributed by atoms with Crippen molar-refractivity contribution in [2.24, 2.45) is 11.8 Å². The molecule has 5 heteroatoms. The van der Waals surface area contributed by atoms with Crippen molar-refractivity contribution in [3.63, 3.8) is 0 Å². The number of halogens is 1. The van der Waals surface area contributed by atoms with Crippen LogP contribution in [0.2, 0.25) is 5.28 Å². The van der Waals surface area contributed by atoms with Gasteiger partial charge in [-0.2, -0.15) is 0 Å². The highest BCUT2D eigenvalue weighted by Gasteiger charge is 2.39. The summed E-state index contributed by atoms with van der Waals surface area (Å²) in [5.41, 5.74) is 0. The Balaban J connectivity index is 1.69. The number of aromatic nitrogens is 2. The molecule has 0 saturated heterocycles. The fraction of sp³-hybridized carbons (Fsp3) is 0.600. The summed E-state index contributed by atoms with van der Waals surface area (Å²) in [5.74, 6) is 2.69. The van der Waals surface area contributed by atoms with E-state index in [0.29, 0.717) is 11.3 Å². The maximum absolute atomic E-state index is 6.09. The van der Waals surface area contributed by atoms with Crippen LogP contribution in [-0.2, 0) is 6.42 Å². The van der Waals surface area contributed by atoms with Crippen molar-refractivity contribution in [2.45, 2.75) is 45.1 Å². The molecule has 3 nitrogen and oxygen atoms in total. The number of rotatable bonds is 3. The van der Waals surface area contributed by atoms with Crippen LogP contribution in [0.15, 0.2) is 6.07 Å². The van der Waals surface area contributed by atoms with Crippen LogP contribution in [0.3, 0.4) is 0 Å². The molecule has 106 valence electrons. The molecule has 0 aliphatic heterocycles. The van der Waals surface area contributed by atoms with E-state index in [9.17, 15) is 0 Å². The summed E-state index contributed by atoms with van der Waals surface area (Å²) in [6.45, 7) is 2.17. The number of hydrogen-bond acceptors (Lipinski definition) is 4. The zero-order valence-corrected chi connectivity index (χ0v) is 13.1. The molecule has 2 aliphatic rings. The van der Waals surface area contributed by atoms with Gasteiger partial charge in [-0.1, -0.05) is 13.3 Å². The second-order valence-electron chi connectivity index (χ2n) is 6.05. The van der Waals surface area contributed by atoms with Gasteiger partial charge in [0, 0.05) is 10.9 Å². The summed E-state index contributed by atoms with van der Waals surface area (Å²) < 4.78 is 0. The van der Waals surface area contributed by atoms with E-state index in [0.717, 1.165) is 34.3 Å². The summed E-state index contributed by atoms with van der Waals surface area (Å²) >= 11 is 7.81. The van der Waals surface area contributed by atoms with Crippen LogP contribution in [0, 0.1) is 11.8 Å². The van der Waals surface area contributed by atoms with Gasteiger partial charge in [-0.25, -0.2) is 9.97 Å². The lowest BCUT2D eigenvalue weighted by atomic mass is 9.95. The number of thiophene rings is 1. The fourth-order valence-electron chi connectivity index (χ4n) is 3.83. The molecule has 0 aromatic carbocycles. The lowest BCUT2D eigenvalue weighted by Crippen LogP contribution is -2.26. The first kappa shape index (κ1) is 12.8. The molecule has 2 aliphatic carbocycles. The van der Waals surface area contributed by atoms with Crippen LogP contribution in [-0.4, -0.2) is 16.0 Å². The monoisotopic (exact) mass is 307 g/mol. The third-order valence-electron chi connectivity index (χ3n) is 4.83. The first-order chi connectivity index (χ1) is 9.72. The Morgan fingerprint density at radius 2 is 2.25 bits per heavy atom. The molecule has 0 spiro atoms. The lowest BCUT2D eigenvalue weighted by molar-refractivity contribution is 0.439. The van der Waals surface area contributed by atoms with Gasteiger partial charge in [0.2, 0.25) is 5.28 Å². The van der Waals surface area contributed by atoms with Gasteiger partial charge >= 0.3 is 0 Å². The molecule has 4 rings (SSSR count). The number of hydrogen-bond donors (Lipinski definition) is 1. The fourth-order valence-corrected chi connectivity index (χ4v) is 5.01. The van der Waals surface area contributed by atoms with Crippen molar-refractivity contribution in [1.29, 1.82) is 0 Å². The minimum Gasteiger partial charge on any atom is -0.366 e. The van der Waals surface area contributed by atoms with E-state index in [1.54, 1.807) is 11.3 Å². The van der Waals surface area contributed by atoms with Gasteiger partial charge in [0.1, 0.15) is 10.6 Å². The minimum atomic E-state index is 0.354. The molecule has 0 radical (unpaired) electrons. The third kappa shape index (κ3) is 2.09. The van der Waals surface area contributed by atoms with Crippen LogP contribution in [0.5, 0.6) is 0 Å². The molecule has 2 aromatic rings. The zero-order chi connectivity index (χ0) is 13.7. The average molecular weight is 308 g/mol. The highest BCUT2D eigenvalue weighted by atomic mass is 35.5. The molecular weight excluding hydrogens is 290 g/mol. The second kappa shape index (κ2) is 4.85. The maximum atomic E-state index is 6.09. The van der Waals surface area contributed by atoms with Crippen molar-refractivity contribution in [2.75, 3.05) is 5.32 Å². The molecule has 0 amide bonds. The van der Waals surface area contributed by atoms with Crippen LogP contribution in [0.25, 0.3) is 10.2 Å². The zero-order valence-electron chi connectivity index (χ0n) is 11.5. The van der Waals surface area contributed by atoms with E-state index in [1.807, 2.05) is 0 Å². The second-order valence-corrected chi connectivity index (χ2v) is 7.51. The largest absolute Gasteiger partial charge is 0.366 e. The van der Waals surface area contributed by atoms with Gasteiger partial charge in [-0.15, -0.1) is 11.3 Å². The van der Waals surface area contributed by atoms with Gasteiger partial charge in [0.15, 0.2) is 0 Å². The Hall–Kier alpha value is -0.870. The summed E-state index contributed by atoms with van der Waals surface area (Å²) in [6, 6.07) is 2.79. The summed E-state index contributed by atoms with van der Waals surface area (Å²) in [6.07, 6.45) is 6.50. The first-order valence-electron chi connectivity index (χ1n) is 7.45. The molecule has 2 aromatic heterocycles. The molecule has 2 heterocycles. The molecule has 1 N–H and O–H groups in total. The predicted molar refractivity (Wildman–Crippen MR) is 84.7 cm³/mol. The number of aryl methyl sites for hydroxylation is 1. The normalized spacial score (nSPS) is 28.4. The average Bonchev–Trinajstić information content (AvgIpc) is 3.11. The molecule has 20 heavy (non-hydrogen) atoms. The van der Waals surface area contributed by atoms with E-state index >= 15 is 0 Å². The Morgan fingerprint density at radius 1 is 1.35 bits per heavy atom. The molecule has 3 unspecified atom stereocenters. The molecular formula is C15H18ClN3S. The number of nitrogens with one attached hydrogen (secondary N) is 1. The highest BCUT2D eigenvalue weighted by Crippen LogP contribution is 2.46. The Labute approximate surface area is 127 Å². The SMILES string of the molecule is CCc1cc2c(NC3CC4CCC3C4)nc(Cl)nc2s1. The molecule has 3 atom stereocenters. The van der Waals surface area contributed by atoms with Gasteiger partial charge in [0.25, 0.3) is 0 Å². The highest BCUT2D eigenvalue weighted by molar-refractivity contribution is 7.18. The Bertz CT molecular complexity index is 654. The van der Waals surface area contributed by atoms with Gasteiger partial charge < -0.3 is 5.32 Å². The summed E-state index contributed by atoms with van der Waals surface area (Å²) in [5, 5.41) is 5.16.